The molecule has 1 atom stereocenters. The van der Waals surface area contributed by atoms with E-state index in [4.69, 9.17) is 4.74 Å². The maximum atomic E-state index is 13.1. The van der Waals surface area contributed by atoms with Crippen molar-refractivity contribution in [2.75, 3.05) is 12.0 Å². The Balaban J connectivity index is 1.89. The predicted octanol–water partition coefficient (Wildman–Crippen LogP) is 4.62. The Bertz CT molecular complexity index is 1270. The van der Waals surface area contributed by atoms with Gasteiger partial charge in [0.15, 0.2) is 0 Å². The molecule has 4 rings (SSSR count). The average molecular weight is 470 g/mol. The van der Waals surface area contributed by atoms with Crippen LogP contribution in [0.25, 0.3) is 5.76 Å². The third kappa shape index (κ3) is 4.42. The number of alkyl halides is 3. The van der Waals surface area contributed by atoms with Crippen LogP contribution in [0.1, 0.15) is 17.2 Å². The standard InChI is InChI=1S/C24H17F3N2O5/c1-33-17-6-2-4-15(12-17)21(30)19-20(14-8-10-28-11-9-14)29(23(32)22(19)31)16-5-3-7-18(13-16)34-24(25,26)27/h2-13,20,30H,1H3/b21-19+. The molecule has 1 fully saturated rings. The van der Waals surface area contributed by atoms with Crippen LogP contribution < -0.4 is 14.4 Å². The van der Waals surface area contributed by atoms with Crippen molar-refractivity contribution in [2.45, 2.75) is 12.4 Å². The van der Waals surface area contributed by atoms with Crippen LogP contribution >= 0.6 is 0 Å². The second kappa shape index (κ2) is 8.89. The Morgan fingerprint density at radius 3 is 2.35 bits per heavy atom. The number of ketones is 1. The monoisotopic (exact) mass is 470 g/mol. The van der Waals surface area contributed by atoms with Crippen LogP contribution in [0.3, 0.4) is 0 Å². The molecule has 7 nitrogen and oxygen atoms in total. The number of methoxy groups -OCH3 is 1. The number of amides is 1. The lowest BCUT2D eigenvalue weighted by Crippen LogP contribution is -2.29. The lowest BCUT2D eigenvalue weighted by molar-refractivity contribution is -0.274. The number of aromatic nitrogens is 1. The van der Waals surface area contributed by atoms with Gasteiger partial charge in [-0.1, -0.05) is 18.2 Å². The van der Waals surface area contributed by atoms with Crippen molar-refractivity contribution < 1.29 is 37.3 Å². The number of anilines is 1. The highest BCUT2D eigenvalue weighted by Gasteiger charge is 2.47. The summed E-state index contributed by atoms with van der Waals surface area (Å²) >= 11 is 0. The number of hydrogen-bond acceptors (Lipinski definition) is 6. The molecule has 2 aromatic carbocycles. The van der Waals surface area contributed by atoms with E-state index in [1.54, 1.807) is 24.3 Å². The molecule has 1 aliphatic rings. The molecule has 1 unspecified atom stereocenters. The van der Waals surface area contributed by atoms with Crippen molar-refractivity contribution in [2.24, 2.45) is 0 Å². The van der Waals surface area contributed by atoms with Crippen LogP contribution in [-0.2, 0) is 9.59 Å². The van der Waals surface area contributed by atoms with Crippen molar-refractivity contribution in [3.63, 3.8) is 0 Å². The summed E-state index contributed by atoms with van der Waals surface area (Å²) in [4.78, 5) is 31.1. The molecule has 1 aliphatic heterocycles. The van der Waals surface area contributed by atoms with Crippen LogP contribution in [0.4, 0.5) is 18.9 Å². The van der Waals surface area contributed by atoms with Gasteiger partial charge in [-0.3, -0.25) is 19.5 Å². The van der Waals surface area contributed by atoms with E-state index in [9.17, 15) is 27.9 Å². The van der Waals surface area contributed by atoms with Gasteiger partial charge in [0.25, 0.3) is 11.7 Å². The molecule has 1 aromatic heterocycles. The minimum Gasteiger partial charge on any atom is -0.507 e. The van der Waals surface area contributed by atoms with E-state index in [2.05, 4.69) is 9.72 Å². The number of carbonyl (C=O) groups is 2. The van der Waals surface area contributed by atoms with Gasteiger partial charge in [0.05, 0.1) is 18.7 Å². The van der Waals surface area contributed by atoms with Gasteiger partial charge in [0.1, 0.15) is 17.3 Å². The number of halogens is 3. The molecule has 34 heavy (non-hydrogen) atoms. The molecule has 0 saturated carbocycles. The number of pyridine rings is 1. The fourth-order valence-electron chi connectivity index (χ4n) is 3.72. The Morgan fingerprint density at radius 2 is 1.68 bits per heavy atom. The molecule has 10 heteroatoms. The average Bonchev–Trinajstić information content (AvgIpc) is 3.08. The highest BCUT2D eigenvalue weighted by molar-refractivity contribution is 6.51. The normalized spacial score (nSPS) is 17.6. The topological polar surface area (TPSA) is 89.0 Å². The third-order valence-electron chi connectivity index (χ3n) is 5.14. The second-order valence-corrected chi connectivity index (χ2v) is 7.23. The van der Waals surface area contributed by atoms with Crippen LogP contribution in [0.5, 0.6) is 11.5 Å². The number of benzene rings is 2. The van der Waals surface area contributed by atoms with E-state index in [1.807, 2.05) is 0 Å². The Morgan fingerprint density at radius 1 is 1.00 bits per heavy atom. The Labute approximate surface area is 191 Å². The molecule has 3 aromatic rings. The molecule has 0 radical (unpaired) electrons. The smallest absolute Gasteiger partial charge is 0.507 e. The number of hydrogen-bond donors (Lipinski definition) is 1. The molecule has 0 bridgehead atoms. The number of aliphatic hydroxyl groups is 1. The molecule has 174 valence electrons. The highest BCUT2D eigenvalue weighted by atomic mass is 19.4. The lowest BCUT2D eigenvalue weighted by atomic mass is 9.95. The van der Waals surface area contributed by atoms with Gasteiger partial charge in [-0.05, 0) is 42.0 Å². The van der Waals surface area contributed by atoms with E-state index in [1.165, 1.54) is 43.8 Å². The van der Waals surface area contributed by atoms with Crippen molar-refractivity contribution in [1.29, 1.82) is 0 Å². The minimum atomic E-state index is -4.94. The van der Waals surface area contributed by atoms with Gasteiger partial charge >= 0.3 is 6.36 Å². The molecular weight excluding hydrogens is 453 g/mol. The van der Waals surface area contributed by atoms with E-state index in [0.29, 0.717) is 11.3 Å². The molecular formula is C24H17F3N2O5. The van der Waals surface area contributed by atoms with Crippen molar-refractivity contribution >= 4 is 23.1 Å². The lowest BCUT2D eigenvalue weighted by Gasteiger charge is -2.25. The van der Waals surface area contributed by atoms with Crippen molar-refractivity contribution in [3.05, 3.63) is 89.8 Å². The fraction of sp³-hybridized carbons (Fsp3) is 0.125. The summed E-state index contributed by atoms with van der Waals surface area (Å²) in [6.45, 7) is 0. The first-order valence-corrected chi connectivity index (χ1v) is 9.91. The van der Waals surface area contributed by atoms with E-state index >= 15 is 0 Å². The van der Waals surface area contributed by atoms with E-state index < -0.39 is 35.6 Å². The highest BCUT2D eigenvalue weighted by Crippen LogP contribution is 2.43. The van der Waals surface area contributed by atoms with Gasteiger partial charge < -0.3 is 14.6 Å². The van der Waals surface area contributed by atoms with Gasteiger partial charge in [0.2, 0.25) is 0 Å². The number of carbonyl (C=O) groups excluding carboxylic acids is 2. The third-order valence-corrected chi connectivity index (χ3v) is 5.14. The first-order chi connectivity index (χ1) is 16.2. The summed E-state index contributed by atoms with van der Waals surface area (Å²) in [6.07, 6.45) is -2.07. The summed E-state index contributed by atoms with van der Waals surface area (Å²) in [6, 6.07) is 12.9. The zero-order valence-corrected chi connectivity index (χ0v) is 17.6. The van der Waals surface area contributed by atoms with Crippen LogP contribution in [-0.4, -0.2) is 35.3 Å². The molecule has 0 aliphatic carbocycles. The van der Waals surface area contributed by atoms with Gasteiger partial charge in [-0.2, -0.15) is 0 Å². The predicted molar refractivity (Wildman–Crippen MR) is 115 cm³/mol. The summed E-state index contributed by atoms with van der Waals surface area (Å²) in [5, 5.41) is 11.1. The fourth-order valence-corrected chi connectivity index (χ4v) is 3.72. The van der Waals surface area contributed by atoms with Gasteiger partial charge in [-0.25, -0.2) is 0 Å². The first-order valence-electron chi connectivity index (χ1n) is 9.91. The number of ether oxygens (including phenoxy) is 2. The summed E-state index contributed by atoms with van der Waals surface area (Å²) < 4.78 is 47.3. The number of nitrogens with zero attached hydrogens (tertiary/aromatic N) is 2. The summed E-state index contributed by atoms with van der Waals surface area (Å²) in [5.41, 5.74) is 0.397. The molecule has 1 N–H and O–H groups in total. The zero-order valence-electron chi connectivity index (χ0n) is 17.6. The van der Waals surface area contributed by atoms with Crippen molar-refractivity contribution in [1.82, 2.24) is 4.98 Å². The van der Waals surface area contributed by atoms with Gasteiger partial charge in [-0.15, -0.1) is 13.2 Å². The largest absolute Gasteiger partial charge is 0.573 e. The van der Waals surface area contributed by atoms with E-state index in [0.717, 1.165) is 17.0 Å². The number of aliphatic hydroxyl groups excluding tert-OH is 1. The number of Topliss-reactive ketones (excluding diaryl/α,β-unsaturated/α-hetero) is 1. The molecule has 1 saturated heterocycles. The Hall–Kier alpha value is -4.34. The van der Waals surface area contributed by atoms with Crippen molar-refractivity contribution in [3.8, 4) is 11.5 Å². The SMILES string of the molecule is COc1cccc(/C(O)=C2\C(=O)C(=O)N(c3cccc(OC(F)(F)F)c3)C2c2ccncc2)c1. The molecule has 1 amide bonds. The van der Waals surface area contributed by atoms with Gasteiger partial charge in [0, 0.05) is 29.7 Å². The number of rotatable bonds is 5. The maximum absolute atomic E-state index is 13.1. The maximum Gasteiger partial charge on any atom is 0.573 e. The summed E-state index contributed by atoms with van der Waals surface area (Å²) in [5.74, 6) is -2.62. The molecule has 0 spiro atoms. The minimum absolute atomic E-state index is 0.0182. The zero-order chi connectivity index (χ0) is 24.5. The van der Waals surface area contributed by atoms with Crippen LogP contribution in [0.2, 0.25) is 0 Å². The first kappa shape index (κ1) is 22.8. The summed E-state index contributed by atoms with van der Waals surface area (Å²) in [7, 11) is 1.44. The van der Waals surface area contributed by atoms with E-state index in [-0.39, 0.29) is 16.8 Å². The van der Waals surface area contributed by atoms with Crippen LogP contribution in [0, 0.1) is 0 Å². The molecule has 2 heterocycles. The quantitative estimate of drug-likeness (QED) is 0.333. The van der Waals surface area contributed by atoms with Crippen LogP contribution in [0.15, 0.2) is 78.6 Å². The second-order valence-electron chi connectivity index (χ2n) is 7.23. The Kier molecular flexibility index (Phi) is 5.97.